The molecule has 0 amide bonds. The van der Waals surface area contributed by atoms with Crippen LogP contribution in [-0.4, -0.2) is 12.3 Å². The van der Waals surface area contributed by atoms with Crippen molar-refractivity contribution in [2.75, 3.05) is 12.3 Å². The fourth-order valence-electron chi connectivity index (χ4n) is 0.250. The van der Waals surface area contributed by atoms with Crippen molar-refractivity contribution < 1.29 is 0 Å². The van der Waals surface area contributed by atoms with Gasteiger partial charge in [-0.1, -0.05) is 40.5 Å². The van der Waals surface area contributed by atoms with Gasteiger partial charge in [-0.25, -0.2) is 0 Å². The lowest BCUT2D eigenvalue weighted by Crippen LogP contribution is -1.59. The quantitative estimate of drug-likeness (QED) is 0.537. The van der Waals surface area contributed by atoms with Crippen molar-refractivity contribution in [3.8, 4) is 0 Å². The van der Waals surface area contributed by atoms with Crippen LogP contribution in [0, 0.1) is 0 Å². The predicted octanol–water partition coefficient (Wildman–Crippen LogP) is 3.51. The zero-order chi connectivity index (χ0) is 7.54. The van der Waals surface area contributed by atoms with Crippen LogP contribution >= 0.6 is 8.58 Å². The second-order valence-corrected chi connectivity index (χ2v) is 3.87. The Bertz CT molecular complexity index is 23.7. The summed E-state index contributed by atoms with van der Waals surface area (Å²) in [5, 5.41) is 0. The second kappa shape index (κ2) is 15.8. The molecule has 0 saturated heterocycles. The fourth-order valence-corrected chi connectivity index (χ4v) is 0.750. The molecule has 0 unspecified atom stereocenters. The molecule has 0 N–H and O–H groups in total. The van der Waals surface area contributed by atoms with Crippen LogP contribution in [0.3, 0.4) is 0 Å². The van der Waals surface area contributed by atoms with Crippen LogP contribution in [0.2, 0.25) is 0 Å². The maximum atomic E-state index is 2.22. The summed E-state index contributed by atoms with van der Waals surface area (Å²) in [6.45, 7) is 8.81. The normalized spacial score (nSPS) is 8.00. The van der Waals surface area contributed by atoms with E-state index >= 15 is 0 Å². The molecule has 0 atom stereocenters. The molecule has 0 radical (unpaired) electrons. The van der Waals surface area contributed by atoms with E-state index in [-0.39, 0.29) is 0 Å². The summed E-state index contributed by atoms with van der Waals surface area (Å²) in [5.74, 6) is 0. The maximum Gasteiger partial charge on any atom is -0.0382 e. The van der Waals surface area contributed by atoms with Crippen molar-refractivity contribution in [3.63, 3.8) is 0 Å². The van der Waals surface area contributed by atoms with Gasteiger partial charge in [-0.3, -0.25) is 0 Å². The molecule has 0 fully saturated rings. The van der Waals surface area contributed by atoms with Gasteiger partial charge in [0.05, 0.1) is 0 Å². The summed E-state index contributed by atoms with van der Waals surface area (Å²) in [5.41, 5.74) is 0. The highest BCUT2D eigenvalue weighted by Crippen LogP contribution is 2.03. The summed E-state index contributed by atoms with van der Waals surface area (Å²) in [6, 6.07) is 0. The van der Waals surface area contributed by atoms with Crippen molar-refractivity contribution >= 4 is 8.58 Å². The number of rotatable bonds is 3. The minimum Gasteiger partial charge on any atom is -0.123 e. The molecule has 0 aliphatic carbocycles. The van der Waals surface area contributed by atoms with Gasteiger partial charge in [0.15, 0.2) is 0 Å². The van der Waals surface area contributed by atoms with E-state index in [9.17, 15) is 0 Å². The van der Waals surface area contributed by atoms with E-state index in [1.807, 2.05) is 0 Å². The highest BCUT2D eigenvalue weighted by Gasteiger charge is 1.66. The SMILES string of the molecule is CCCC.CCPCC. The topological polar surface area (TPSA) is 0 Å². The van der Waals surface area contributed by atoms with E-state index in [1.54, 1.807) is 0 Å². The second-order valence-electron chi connectivity index (χ2n) is 1.96. The number of unbranched alkanes of at least 4 members (excludes halogenated alkanes) is 1. The molecule has 0 saturated carbocycles. The first kappa shape index (κ1) is 12.1. The van der Waals surface area contributed by atoms with Gasteiger partial charge in [-0.2, -0.15) is 0 Å². The highest BCUT2D eigenvalue weighted by molar-refractivity contribution is 7.37. The Morgan fingerprint density at radius 3 is 1.11 bits per heavy atom. The molecule has 0 heterocycles. The zero-order valence-corrected chi connectivity index (χ0v) is 8.33. The molecule has 0 nitrogen and oxygen atoms in total. The Hall–Kier alpha value is 0.430. The first-order valence-electron chi connectivity index (χ1n) is 4.04. The van der Waals surface area contributed by atoms with Crippen LogP contribution in [0.15, 0.2) is 0 Å². The highest BCUT2D eigenvalue weighted by atomic mass is 31.1. The van der Waals surface area contributed by atoms with Gasteiger partial charge in [0.25, 0.3) is 0 Å². The van der Waals surface area contributed by atoms with Crippen LogP contribution in [0.4, 0.5) is 0 Å². The lowest BCUT2D eigenvalue weighted by Gasteiger charge is -1.80. The standard InChI is InChI=1S/C4H11P.C4H10/c1-3-5-4-2;1-3-4-2/h5H,3-4H2,1-2H3;3-4H2,1-2H3. The summed E-state index contributed by atoms with van der Waals surface area (Å²) in [6.07, 6.45) is 5.38. The van der Waals surface area contributed by atoms with Crippen LogP contribution in [0.1, 0.15) is 40.5 Å². The molecular formula is C8H21P. The molecule has 0 spiro atoms. The van der Waals surface area contributed by atoms with E-state index in [0.29, 0.717) is 0 Å². The van der Waals surface area contributed by atoms with Crippen LogP contribution < -0.4 is 0 Å². The Labute approximate surface area is 62.2 Å². The monoisotopic (exact) mass is 148 g/mol. The first-order chi connectivity index (χ1) is 4.33. The first-order valence-corrected chi connectivity index (χ1v) is 5.45. The third kappa shape index (κ3) is 29.6. The number of hydrogen-bond acceptors (Lipinski definition) is 0. The number of hydrogen-bond donors (Lipinski definition) is 0. The third-order valence-electron chi connectivity index (χ3n) is 1.000. The average Bonchev–Trinajstić information content (AvgIpc) is 1.91. The summed E-state index contributed by atoms with van der Waals surface area (Å²) in [4.78, 5) is 0. The van der Waals surface area contributed by atoms with Gasteiger partial charge >= 0.3 is 0 Å². The Kier molecular flexibility index (Phi) is 21.3. The third-order valence-corrected chi connectivity index (χ3v) is 2.00. The van der Waals surface area contributed by atoms with Gasteiger partial charge in [-0.15, -0.1) is 8.58 Å². The van der Waals surface area contributed by atoms with E-state index < -0.39 is 0 Å². The van der Waals surface area contributed by atoms with Gasteiger partial charge in [-0.05, 0) is 12.3 Å². The summed E-state index contributed by atoms with van der Waals surface area (Å²) in [7, 11) is 1.20. The molecule has 1 heteroatoms. The molecule has 0 aliphatic heterocycles. The zero-order valence-electron chi connectivity index (χ0n) is 7.33. The Morgan fingerprint density at radius 2 is 1.11 bits per heavy atom. The van der Waals surface area contributed by atoms with Gasteiger partial charge in [0, 0.05) is 0 Å². The van der Waals surface area contributed by atoms with E-state index in [4.69, 9.17) is 0 Å². The Balaban J connectivity index is 0. The van der Waals surface area contributed by atoms with Gasteiger partial charge < -0.3 is 0 Å². The minimum atomic E-state index is 1.20. The van der Waals surface area contributed by atoms with Crippen molar-refractivity contribution in [3.05, 3.63) is 0 Å². The minimum absolute atomic E-state index is 1.20. The van der Waals surface area contributed by atoms with Gasteiger partial charge in [0.2, 0.25) is 0 Å². The maximum absolute atomic E-state index is 2.22. The largest absolute Gasteiger partial charge is 0.123 e. The predicted molar refractivity (Wildman–Crippen MR) is 50.0 cm³/mol. The van der Waals surface area contributed by atoms with Crippen molar-refractivity contribution in [2.24, 2.45) is 0 Å². The molecule has 9 heavy (non-hydrogen) atoms. The molecule has 0 bridgehead atoms. The smallest absolute Gasteiger partial charge is 0.0382 e. The molecule has 0 aromatic rings. The molecule has 0 rings (SSSR count). The lowest BCUT2D eigenvalue weighted by molar-refractivity contribution is 0.886. The summed E-state index contributed by atoms with van der Waals surface area (Å²) >= 11 is 0. The van der Waals surface area contributed by atoms with Crippen LogP contribution in [-0.2, 0) is 0 Å². The molecule has 0 aromatic heterocycles. The lowest BCUT2D eigenvalue weighted by atomic mass is 10.4. The van der Waals surface area contributed by atoms with E-state index in [2.05, 4.69) is 27.7 Å². The summed E-state index contributed by atoms with van der Waals surface area (Å²) < 4.78 is 0. The van der Waals surface area contributed by atoms with Gasteiger partial charge in [0.1, 0.15) is 0 Å². The van der Waals surface area contributed by atoms with Crippen molar-refractivity contribution in [2.45, 2.75) is 40.5 Å². The Morgan fingerprint density at radius 1 is 0.778 bits per heavy atom. The average molecular weight is 148 g/mol. The van der Waals surface area contributed by atoms with E-state index in [0.717, 1.165) is 0 Å². The molecular weight excluding hydrogens is 127 g/mol. The van der Waals surface area contributed by atoms with Crippen molar-refractivity contribution in [1.29, 1.82) is 0 Å². The van der Waals surface area contributed by atoms with Crippen molar-refractivity contribution in [1.82, 2.24) is 0 Å². The fraction of sp³-hybridized carbons (Fsp3) is 1.00. The molecule has 0 aromatic carbocycles. The van der Waals surface area contributed by atoms with Crippen LogP contribution in [0.5, 0.6) is 0 Å². The van der Waals surface area contributed by atoms with Crippen LogP contribution in [0.25, 0.3) is 0 Å². The van der Waals surface area contributed by atoms with E-state index in [1.165, 1.54) is 33.7 Å². The molecule has 58 valence electrons. The molecule has 0 aliphatic rings.